The molecule has 5 nitrogen and oxygen atoms in total. The van der Waals surface area contributed by atoms with E-state index in [0.717, 1.165) is 11.1 Å². The average Bonchev–Trinajstić information content (AvgIpc) is 2.46. The zero-order valence-electron chi connectivity index (χ0n) is 13.9. The van der Waals surface area contributed by atoms with E-state index in [4.69, 9.17) is 4.74 Å². The van der Waals surface area contributed by atoms with Crippen LogP contribution in [0.2, 0.25) is 0 Å². The Balaban J connectivity index is 2.02. The maximum Gasteiger partial charge on any atom is 0.421 e. The molecule has 0 saturated carbocycles. The van der Waals surface area contributed by atoms with Gasteiger partial charge in [0, 0.05) is 6.42 Å². The minimum absolute atomic E-state index is 0.0194. The molecule has 0 heterocycles. The van der Waals surface area contributed by atoms with E-state index in [1.807, 2.05) is 42.0 Å². The first kappa shape index (κ1) is 18.0. The van der Waals surface area contributed by atoms with Crippen LogP contribution in [-0.4, -0.2) is 20.1 Å². The van der Waals surface area contributed by atoms with Crippen LogP contribution in [0.4, 0.5) is 4.79 Å². The number of carbonyl (C=O) groups is 1. The predicted octanol–water partition coefficient (Wildman–Crippen LogP) is 3.43. The molecule has 0 aliphatic carbocycles. The smallest absolute Gasteiger partial charge is 0.421 e. The molecule has 0 fully saturated rings. The summed E-state index contributed by atoms with van der Waals surface area (Å²) in [6, 6.07) is 15.8. The van der Waals surface area contributed by atoms with Gasteiger partial charge >= 0.3 is 6.09 Å². The lowest BCUT2D eigenvalue weighted by Gasteiger charge is -2.25. The monoisotopic (exact) mass is 347 g/mol. The van der Waals surface area contributed by atoms with Crippen LogP contribution in [0.25, 0.3) is 0 Å². The lowest BCUT2D eigenvalue weighted by atomic mass is 9.98. The number of amides is 1. The van der Waals surface area contributed by atoms with Gasteiger partial charge < -0.3 is 4.74 Å². The van der Waals surface area contributed by atoms with Gasteiger partial charge in [-0.25, -0.2) is 17.9 Å². The summed E-state index contributed by atoms with van der Waals surface area (Å²) in [5, 5.41) is 0. The highest BCUT2D eigenvalue weighted by Crippen LogP contribution is 2.18. The van der Waals surface area contributed by atoms with Crippen molar-refractivity contribution < 1.29 is 17.9 Å². The van der Waals surface area contributed by atoms with Crippen LogP contribution in [0.1, 0.15) is 25.0 Å². The highest BCUT2D eigenvalue weighted by Gasteiger charge is 2.26. The lowest BCUT2D eigenvalue weighted by molar-refractivity contribution is 0.0433. The van der Waals surface area contributed by atoms with Gasteiger partial charge in [0.25, 0.3) is 10.0 Å². The van der Waals surface area contributed by atoms with Crippen LogP contribution >= 0.6 is 0 Å². The molecule has 0 saturated heterocycles. The zero-order chi connectivity index (χ0) is 17.8. The van der Waals surface area contributed by atoms with Crippen LogP contribution in [0.15, 0.2) is 59.5 Å². The van der Waals surface area contributed by atoms with E-state index in [1.54, 1.807) is 26.0 Å². The molecule has 0 aliphatic rings. The molecule has 24 heavy (non-hydrogen) atoms. The molecule has 2 aromatic rings. The summed E-state index contributed by atoms with van der Waals surface area (Å²) in [5.41, 5.74) is 1.09. The number of hydrogen-bond acceptors (Lipinski definition) is 4. The van der Waals surface area contributed by atoms with Crippen LogP contribution in [0, 0.1) is 6.92 Å². The van der Waals surface area contributed by atoms with Gasteiger partial charge in [-0.3, -0.25) is 0 Å². The molecule has 0 radical (unpaired) electrons. The molecule has 1 amide bonds. The Morgan fingerprint density at radius 3 is 2.21 bits per heavy atom. The third-order valence-electron chi connectivity index (χ3n) is 3.39. The standard InChI is InChI=1S/C18H21NO4S/c1-14-9-11-16(12-10-14)24(21,22)19-17(20)23-18(2,3)13-15-7-5-4-6-8-15/h4-12H,13H2,1-3H3,(H,19,20). The van der Waals surface area contributed by atoms with Crippen LogP contribution in [-0.2, 0) is 21.2 Å². The molecule has 0 atom stereocenters. The molecule has 0 unspecified atom stereocenters. The molecular formula is C18H21NO4S. The van der Waals surface area contributed by atoms with Crippen LogP contribution in [0.5, 0.6) is 0 Å². The first-order valence-corrected chi connectivity index (χ1v) is 9.03. The molecule has 0 bridgehead atoms. The maximum absolute atomic E-state index is 12.2. The lowest BCUT2D eigenvalue weighted by Crippen LogP contribution is -2.38. The van der Waals surface area contributed by atoms with Crippen LogP contribution < -0.4 is 4.72 Å². The zero-order valence-corrected chi connectivity index (χ0v) is 14.8. The van der Waals surface area contributed by atoms with E-state index >= 15 is 0 Å². The van der Waals surface area contributed by atoms with Gasteiger partial charge in [-0.2, -0.15) is 0 Å². The van der Waals surface area contributed by atoms with Crippen molar-refractivity contribution in [1.82, 2.24) is 4.72 Å². The second-order valence-corrected chi connectivity index (χ2v) is 7.91. The third-order valence-corrected chi connectivity index (χ3v) is 4.72. The summed E-state index contributed by atoms with van der Waals surface area (Å²) in [6.07, 6.45) is -0.511. The van der Waals surface area contributed by atoms with Gasteiger partial charge in [0.05, 0.1) is 4.90 Å². The van der Waals surface area contributed by atoms with Gasteiger partial charge in [0.2, 0.25) is 0 Å². The summed E-state index contributed by atoms with van der Waals surface area (Å²) in [5.74, 6) is 0. The highest BCUT2D eigenvalue weighted by molar-refractivity contribution is 7.90. The van der Waals surface area contributed by atoms with E-state index in [0.29, 0.717) is 6.42 Å². The normalized spacial score (nSPS) is 11.8. The molecule has 6 heteroatoms. The summed E-state index contributed by atoms with van der Waals surface area (Å²) in [6.45, 7) is 5.32. The van der Waals surface area contributed by atoms with Crippen molar-refractivity contribution in [2.24, 2.45) is 0 Å². The maximum atomic E-state index is 12.2. The van der Waals surface area contributed by atoms with Gasteiger partial charge in [-0.1, -0.05) is 48.0 Å². The number of nitrogens with one attached hydrogen (secondary N) is 1. The van der Waals surface area contributed by atoms with E-state index in [9.17, 15) is 13.2 Å². The first-order valence-electron chi connectivity index (χ1n) is 7.54. The Labute approximate surface area is 142 Å². The summed E-state index contributed by atoms with van der Waals surface area (Å²) in [7, 11) is -3.95. The summed E-state index contributed by atoms with van der Waals surface area (Å²) in [4.78, 5) is 12.0. The van der Waals surface area contributed by atoms with Crippen LogP contribution in [0.3, 0.4) is 0 Å². The van der Waals surface area contributed by atoms with Gasteiger partial charge in [-0.15, -0.1) is 0 Å². The minimum Gasteiger partial charge on any atom is -0.442 e. The quantitative estimate of drug-likeness (QED) is 0.899. The Bertz CT molecular complexity index is 797. The number of sulfonamides is 1. The Kier molecular flexibility index (Phi) is 5.29. The van der Waals surface area contributed by atoms with Crippen molar-refractivity contribution in [2.75, 3.05) is 0 Å². The number of rotatable bonds is 5. The topological polar surface area (TPSA) is 72.5 Å². The van der Waals surface area contributed by atoms with Crippen molar-refractivity contribution in [3.8, 4) is 0 Å². The second-order valence-electron chi connectivity index (χ2n) is 6.23. The Morgan fingerprint density at radius 1 is 1.04 bits per heavy atom. The first-order chi connectivity index (χ1) is 11.2. The van der Waals surface area contributed by atoms with E-state index < -0.39 is 21.7 Å². The molecule has 0 aromatic heterocycles. The average molecular weight is 347 g/mol. The van der Waals surface area contributed by atoms with Crippen molar-refractivity contribution >= 4 is 16.1 Å². The second kappa shape index (κ2) is 7.05. The van der Waals surface area contributed by atoms with Gasteiger partial charge in [0.1, 0.15) is 5.60 Å². The number of carbonyl (C=O) groups excluding carboxylic acids is 1. The predicted molar refractivity (Wildman–Crippen MR) is 92.2 cm³/mol. The van der Waals surface area contributed by atoms with E-state index in [-0.39, 0.29) is 4.90 Å². The van der Waals surface area contributed by atoms with E-state index in [2.05, 4.69) is 0 Å². The molecule has 128 valence electrons. The third kappa shape index (κ3) is 5.09. The van der Waals surface area contributed by atoms with Gasteiger partial charge in [-0.05, 0) is 38.5 Å². The van der Waals surface area contributed by atoms with Crippen molar-refractivity contribution in [3.63, 3.8) is 0 Å². The Morgan fingerprint density at radius 2 is 1.62 bits per heavy atom. The molecule has 2 aromatic carbocycles. The van der Waals surface area contributed by atoms with Crippen molar-refractivity contribution in [3.05, 3.63) is 65.7 Å². The number of ether oxygens (including phenoxy) is 1. The molecular weight excluding hydrogens is 326 g/mol. The SMILES string of the molecule is Cc1ccc(S(=O)(=O)NC(=O)OC(C)(C)Cc2ccccc2)cc1. The molecule has 1 N–H and O–H groups in total. The number of aryl methyl sites for hydroxylation is 1. The van der Waals surface area contributed by atoms with Crippen molar-refractivity contribution in [2.45, 2.75) is 37.7 Å². The molecule has 2 rings (SSSR count). The fourth-order valence-corrected chi connectivity index (χ4v) is 3.15. The highest BCUT2D eigenvalue weighted by atomic mass is 32.2. The largest absolute Gasteiger partial charge is 0.442 e. The van der Waals surface area contributed by atoms with E-state index in [1.165, 1.54) is 12.1 Å². The minimum atomic E-state index is -3.95. The summed E-state index contributed by atoms with van der Waals surface area (Å²) < 4.78 is 31.6. The van der Waals surface area contributed by atoms with Gasteiger partial charge in [0.15, 0.2) is 0 Å². The molecule has 0 spiro atoms. The molecule has 0 aliphatic heterocycles. The number of benzene rings is 2. The summed E-state index contributed by atoms with van der Waals surface area (Å²) >= 11 is 0. The number of hydrogen-bond donors (Lipinski definition) is 1. The van der Waals surface area contributed by atoms with Crippen molar-refractivity contribution in [1.29, 1.82) is 0 Å². The fourth-order valence-electron chi connectivity index (χ4n) is 2.28. The fraction of sp³-hybridized carbons (Fsp3) is 0.278. The Hall–Kier alpha value is -2.34.